The summed E-state index contributed by atoms with van der Waals surface area (Å²) in [6.45, 7) is 4.50. The van der Waals surface area contributed by atoms with E-state index < -0.39 is 5.97 Å². The van der Waals surface area contributed by atoms with Crippen LogP contribution >= 0.6 is 15.9 Å². The Balaban J connectivity index is 2.34. The number of aromatic carboxylic acids is 1. The highest BCUT2D eigenvalue weighted by molar-refractivity contribution is 9.10. The fraction of sp³-hybridized carbons (Fsp3) is 0.308. The maximum Gasteiger partial charge on any atom is 0.335 e. The van der Waals surface area contributed by atoms with Crippen molar-refractivity contribution >= 4 is 27.6 Å². The van der Waals surface area contributed by atoms with Crippen LogP contribution in [0.3, 0.4) is 0 Å². The molecule has 17 heavy (non-hydrogen) atoms. The van der Waals surface area contributed by atoms with Gasteiger partial charge in [-0.15, -0.1) is 6.58 Å². The van der Waals surface area contributed by atoms with E-state index in [4.69, 9.17) is 5.11 Å². The Labute approximate surface area is 109 Å². The Morgan fingerprint density at radius 1 is 1.53 bits per heavy atom. The van der Waals surface area contributed by atoms with Crippen LogP contribution in [0.15, 0.2) is 35.3 Å². The number of halogens is 1. The molecule has 0 unspecified atom stereocenters. The van der Waals surface area contributed by atoms with E-state index in [-0.39, 0.29) is 0 Å². The minimum atomic E-state index is -0.901. The average Bonchev–Trinajstić information content (AvgIpc) is 3.08. The molecule has 90 valence electrons. The van der Waals surface area contributed by atoms with Gasteiger partial charge in [0.1, 0.15) is 0 Å². The molecule has 1 aliphatic carbocycles. The largest absolute Gasteiger partial charge is 0.478 e. The molecule has 1 aromatic carbocycles. The van der Waals surface area contributed by atoms with E-state index in [1.807, 2.05) is 12.1 Å². The predicted molar refractivity (Wildman–Crippen MR) is 71.7 cm³/mol. The van der Waals surface area contributed by atoms with E-state index in [0.717, 1.165) is 16.7 Å². The lowest BCUT2D eigenvalue weighted by Gasteiger charge is -2.23. The molecule has 3 nitrogen and oxygen atoms in total. The minimum Gasteiger partial charge on any atom is -0.478 e. The van der Waals surface area contributed by atoms with Crippen LogP contribution in [-0.4, -0.2) is 23.7 Å². The topological polar surface area (TPSA) is 40.5 Å². The Morgan fingerprint density at radius 3 is 2.76 bits per heavy atom. The third-order valence-electron chi connectivity index (χ3n) is 2.77. The normalized spacial score (nSPS) is 14.4. The molecule has 1 aliphatic rings. The fourth-order valence-corrected chi connectivity index (χ4v) is 2.34. The molecular formula is C13H14BrNO2. The van der Waals surface area contributed by atoms with E-state index in [1.165, 1.54) is 12.8 Å². The standard InChI is InChI=1S/C13H14BrNO2/c1-2-5-15(11-3-4-11)12-7-9(13(16)17)6-10(14)8-12/h2,6-8,11H,1,3-5H2,(H,16,17). The van der Waals surface area contributed by atoms with Crippen LogP contribution in [0.1, 0.15) is 23.2 Å². The Kier molecular flexibility index (Phi) is 3.52. The van der Waals surface area contributed by atoms with Gasteiger partial charge < -0.3 is 10.0 Å². The van der Waals surface area contributed by atoms with Crippen molar-refractivity contribution in [3.8, 4) is 0 Å². The minimum absolute atomic E-state index is 0.309. The Hall–Kier alpha value is -1.29. The number of rotatable bonds is 5. The first kappa shape index (κ1) is 12.2. The summed E-state index contributed by atoms with van der Waals surface area (Å²) in [5, 5.41) is 9.04. The van der Waals surface area contributed by atoms with Gasteiger partial charge in [0.25, 0.3) is 0 Å². The molecule has 2 rings (SSSR count). The van der Waals surface area contributed by atoms with Gasteiger partial charge >= 0.3 is 5.97 Å². The summed E-state index contributed by atoms with van der Waals surface area (Å²) >= 11 is 3.35. The number of anilines is 1. The zero-order chi connectivity index (χ0) is 12.4. The summed E-state index contributed by atoms with van der Waals surface area (Å²) in [4.78, 5) is 13.2. The van der Waals surface area contributed by atoms with Crippen LogP contribution in [0, 0.1) is 0 Å². The Bertz CT molecular complexity index is 455. The monoisotopic (exact) mass is 295 g/mol. The molecule has 0 heterocycles. The first-order valence-electron chi connectivity index (χ1n) is 5.53. The lowest BCUT2D eigenvalue weighted by Crippen LogP contribution is -2.25. The van der Waals surface area contributed by atoms with Crippen LogP contribution in [0.25, 0.3) is 0 Å². The molecule has 0 aromatic heterocycles. The summed E-state index contributed by atoms with van der Waals surface area (Å²) < 4.78 is 0.794. The van der Waals surface area contributed by atoms with Gasteiger partial charge in [-0.25, -0.2) is 4.79 Å². The molecule has 4 heteroatoms. The summed E-state index contributed by atoms with van der Waals surface area (Å²) in [6, 6.07) is 5.82. The molecule has 0 atom stereocenters. The Morgan fingerprint density at radius 2 is 2.24 bits per heavy atom. The van der Waals surface area contributed by atoms with E-state index in [9.17, 15) is 4.79 Å². The number of nitrogens with zero attached hydrogens (tertiary/aromatic N) is 1. The van der Waals surface area contributed by atoms with Gasteiger partial charge in [-0.05, 0) is 31.0 Å². The van der Waals surface area contributed by atoms with Gasteiger partial charge in [0.05, 0.1) is 5.56 Å². The summed E-state index contributed by atoms with van der Waals surface area (Å²) in [7, 11) is 0. The highest BCUT2D eigenvalue weighted by atomic mass is 79.9. The summed E-state index contributed by atoms with van der Waals surface area (Å²) in [5.41, 5.74) is 1.25. The summed E-state index contributed by atoms with van der Waals surface area (Å²) in [5.74, 6) is -0.901. The molecule has 0 radical (unpaired) electrons. The summed E-state index contributed by atoms with van der Waals surface area (Å²) in [6.07, 6.45) is 4.19. The van der Waals surface area contributed by atoms with Gasteiger partial charge in [0.2, 0.25) is 0 Å². The molecule has 0 saturated heterocycles. The first-order valence-corrected chi connectivity index (χ1v) is 6.32. The van der Waals surface area contributed by atoms with Gasteiger partial charge in [0.15, 0.2) is 0 Å². The van der Waals surface area contributed by atoms with E-state index >= 15 is 0 Å². The molecule has 1 saturated carbocycles. The molecular weight excluding hydrogens is 282 g/mol. The SMILES string of the molecule is C=CCN(c1cc(Br)cc(C(=O)O)c1)C1CC1. The molecule has 1 fully saturated rings. The smallest absolute Gasteiger partial charge is 0.335 e. The maximum atomic E-state index is 11.0. The molecule has 0 spiro atoms. The molecule has 0 aliphatic heterocycles. The fourth-order valence-electron chi connectivity index (χ4n) is 1.85. The van der Waals surface area contributed by atoms with Crippen molar-refractivity contribution in [3.05, 3.63) is 40.9 Å². The number of benzene rings is 1. The molecule has 0 bridgehead atoms. The lowest BCUT2D eigenvalue weighted by molar-refractivity contribution is 0.0697. The van der Waals surface area contributed by atoms with Crippen molar-refractivity contribution in [1.82, 2.24) is 0 Å². The van der Waals surface area contributed by atoms with Crippen molar-refractivity contribution in [3.63, 3.8) is 0 Å². The van der Waals surface area contributed by atoms with Crippen LogP contribution in [-0.2, 0) is 0 Å². The number of carboxylic acid groups (broad SMARTS) is 1. The van der Waals surface area contributed by atoms with E-state index in [2.05, 4.69) is 27.4 Å². The van der Waals surface area contributed by atoms with Crippen LogP contribution in [0.4, 0.5) is 5.69 Å². The van der Waals surface area contributed by atoms with Crippen LogP contribution in [0.5, 0.6) is 0 Å². The second kappa shape index (κ2) is 4.92. The maximum absolute atomic E-state index is 11.0. The molecule has 1 N–H and O–H groups in total. The third kappa shape index (κ3) is 2.88. The lowest BCUT2D eigenvalue weighted by atomic mass is 10.2. The number of carbonyl (C=O) groups is 1. The van der Waals surface area contributed by atoms with Crippen LogP contribution < -0.4 is 4.90 Å². The van der Waals surface area contributed by atoms with Gasteiger partial charge in [-0.1, -0.05) is 22.0 Å². The predicted octanol–water partition coefficient (Wildman–Crippen LogP) is 3.30. The van der Waals surface area contributed by atoms with Gasteiger partial charge in [-0.2, -0.15) is 0 Å². The van der Waals surface area contributed by atoms with E-state index in [0.29, 0.717) is 11.6 Å². The van der Waals surface area contributed by atoms with Crippen molar-refractivity contribution in [2.24, 2.45) is 0 Å². The van der Waals surface area contributed by atoms with Crippen molar-refractivity contribution in [1.29, 1.82) is 0 Å². The van der Waals surface area contributed by atoms with Crippen molar-refractivity contribution < 1.29 is 9.90 Å². The zero-order valence-corrected chi connectivity index (χ0v) is 11.0. The van der Waals surface area contributed by atoms with Crippen molar-refractivity contribution in [2.45, 2.75) is 18.9 Å². The first-order chi connectivity index (χ1) is 8.11. The third-order valence-corrected chi connectivity index (χ3v) is 3.23. The quantitative estimate of drug-likeness (QED) is 0.848. The van der Waals surface area contributed by atoms with Gasteiger partial charge in [0, 0.05) is 22.7 Å². The zero-order valence-electron chi connectivity index (χ0n) is 9.40. The highest BCUT2D eigenvalue weighted by Gasteiger charge is 2.28. The second-order valence-electron chi connectivity index (χ2n) is 4.18. The van der Waals surface area contributed by atoms with Crippen molar-refractivity contribution in [2.75, 3.05) is 11.4 Å². The van der Waals surface area contributed by atoms with E-state index in [1.54, 1.807) is 12.1 Å². The molecule has 1 aromatic rings. The molecule has 0 amide bonds. The van der Waals surface area contributed by atoms with Gasteiger partial charge in [-0.3, -0.25) is 0 Å². The number of hydrogen-bond donors (Lipinski definition) is 1. The average molecular weight is 296 g/mol. The number of hydrogen-bond acceptors (Lipinski definition) is 2. The highest BCUT2D eigenvalue weighted by Crippen LogP contribution is 2.33. The number of carboxylic acids is 1. The second-order valence-corrected chi connectivity index (χ2v) is 5.09. The van der Waals surface area contributed by atoms with Crippen LogP contribution in [0.2, 0.25) is 0 Å².